The zero-order valence-corrected chi connectivity index (χ0v) is 33.1. The third kappa shape index (κ3) is 9.32. The lowest BCUT2D eigenvalue weighted by molar-refractivity contribution is -0.138. The molecule has 2 aromatic carbocycles. The van der Waals surface area contributed by atoms with Crippen LogP contribution in [0, 0.1) is 23.5 Å². The molecule has 4 amide bonds. The first kappa shape index (κ1) is 39.8. The van der Waals surface area contributed by atoms with Gasteiger partial charge in [-0.05, 0) is 125 Å². The van der Waals surface area contributed by atoms with Crippen molar-refractivity contribution in [3.8, 4) is 11.3 Å². The molecule has 58 heavy (non-hydrogen) atoms. The van der Waals surface area contributed by atoms with Crippen LogP contribution in [0.2, 0.25) is 0 Å². The second-order valence-corrected chi connectivity index (χ2v) is 16.9. The number of rotatable bonds is 10. The van der Waals surface area contributed by atoms with Crippen LogP contribution in [0.4, 0.5) is 26.1 Å². The van der Waals surface area contributed by atoms with Crippen molar-refractivity contribution in [3.63, 3.8) is 0 Å². The summed E-state index contributed by atoms with van der Waals surface area (Å²) in [5.41, 5.74) is 2.80. The summed E-state index contributed by atoms with van der Waals surface area (Å²) in [5, 5.41) is 8.79. The third-order valence-corrected chi connectivity index (χ3v) is 13.0. The smallest absolute Gasteiger partial charge is 0.249 e. The topological polar surface area (TPSA) is 140 Å². The highest BCUT2D eigenvalue weighted by Gasteiger charge is 2.33. The quantitative estimate of drug-likeness (QED) is 0.204. The fourth-order valence-electron chi connectivity index (χ4n) is 9.57. The number of piperidine rings is 4. The van der Waals surface area contributed by atoms with Crippen molar-refractivity contribution < 1.29 is 28.0 Å². The number of likely N-dealkylation sites (tertiary alicyclic amines) is 2. The van der Waals surface area contributed by atoms with Crippen molar-refractivity contribution in [2.24, 2.45) is 11.8 Å². The number of imide groups is 1. The zero-order chi connectivity index (χ0) is 40.2. The molecule has 0 bridgehead atoms. The highest BCUT2D eigenvalue weighted by atomic mass is 19.1. The fourth-order valence-corrected chi connectivity index (χ4v) is 9.57. The molecule has 4 saturated heterocycles. The minimum atomic E-state index is -0.545. The number of aromatic nitrogens is 2. The molecule has 3 N–H and O–H groups in total. The van der Waals surface area contributed by atoms with Crippen molar-refractivity contribution in [1.29, 1.82) is 0 Å². The lowest BCUT2D eigenvalue weighted by atomic mass is 9.84. The minimum Gasteiger partial charge on any atom is -0.374 e. The molecule has 5 fully saturated rings. The summed E-state index contributed by atoms with van der Waals surface area (Å²) >= 11 is 0. The molecule has 1 aromatic heterocycles. The number of carbonyl (C=O) groups excluding carboxylic acids is 4. The summed E-state index contributed by atoms with van der Waals surface area (Å²) in [5.74, 6) is -0.0557. The van der Waals surface area contributed by atoms with Crippen LogP contribution >= 0.6 is 0 Å². The fraction of sp³-hybridized carbons (Fsp3) is 0.545. The van der Waals surface area contributed by atoms with E-state index in [9.17, 15) is 19.2 Å². The van der Waals surface area contributed by atoms with Gasteiger partial charge in [-0.2, -0.15) is 0 Å². The Morgan fingerprint density at radius 2 is 1.60 bits per heavy atom. The summed E-state index contributed by atoms with van der Waals surface area (Å²) in [4.78, 5) is 64.7. The van der Waals surface area contributed by atoms with E-state index in [2.05, 4.69) is 35.7 Å². The van der Waals surface area contributed by atoms with E-state index in [1.165, 1.54) is 12.3 Å². The van der Waals surface area contributed by atoms with Crippen molar-refractivity contribution in [1.82, 2.24) is 25.1 Å². The van der Waals surface area contributed by atoms with Crippen LogP contribution in [0.25, 0.3) is 11.3 Å². The standard InChI is InChI=1S/C44H54F2N8O4/c45-36-25-33(48-38-13-14-39(55)50-42(38)57)11-12-35(36)29-17-20-52(21-18-29)27-28-15-22-53(23-16-28)43(58)30-7-9-32(10-8-30)49-44-47-26-37(46)41(51-44)31-4-3-5-34(24-31)54-19-2-1-6-40(54)56/h3-5,11-12,24-26,28-30,32,38,48H,1-2,6-10,13-23,27H2,(H,47,49,51)(H,50,55,57)/t30?,32?,38-/m1/s1. The van der Waals surface area contributed by atoms with Gasteiger partial charge in [0.15, 0.2) is 5.82 Å². The van der Waals surface area contributed by atoms with Gasteiger partial charge in [-0.25, -0.2) is 18.7 Å². The van der Waals surface area contributed by atoms with E-state index in [4.69, 9.17) is 0 Å². The van der Waals surface area contributed by atoms with E-state index in [1.54, 1.807) is 11.0 Å². The highest BCUT2D eigenvalue weighted by molar-refractivity contribution is 6.01. The molecule has 1 atom stereocenters. The predicted molar refractivity (Wildman–Crippen MR) is 217 cm³/mol. The van der Waals surface area contributed by atoms with Crippen LogP contribution in [-0.2, 0) is 19.2 Å². The van der Waals surface area contributed by atoms with E-state index >= 15 is 8.78 Å². The molecule has 8 rings (SSSR count). The lowest BCUT2D eigenvalue weighted by Gasteiger charge is -2.39. The summed E-state index contributed by atoms with van der Waals surface area (Å²) in [6, 6.07) is 12.0. The highest BCUT2D eigenvalue weighted by Crippen LogP contribution is 2.34. The number of amides is 4. The molecule has 5 heterocycles. The van der Waals surface area contributed by atoms with Gasteiger partial charge in [0.2, 0.25) is 29.6 Å². The van der Waals surface area contributed by atoms with Crippen LogP contribution in [-0.4, -0.2) is 94.7 Å². The Kier molecular flexibility index (Phi) is 12.3. The minimum absolute atomic E-state index is 0.00115. The van der Waals surface area contributed by atoms with Crippen LogP contribution in [0.1, 0.15) is 95.0 Å². The average molecular weight is 797 g/mol. The van der Waals surface area contributed by atoms with Crippen molar-refractivity contribution in [2.75, 3.05) is 54.8 Å². The van der Waals surface area contributed by atoms with E-state index < -0.39 is 11.9 Å². The summed E-state index contributed by atoms with van der Waals surface area (Å²) < 4.78 is 30.2. The van der Waals surface area contributed by atoms with Crippen LogP contribution in [0.5, 0.6) is 0 Å². The number of benzene rings is 2. The van der Waals surface area contributed by atoms with Gasteiger partial charge in [0.25, 0.3) is 0 Å². The number of nitrogens with one attached hydrogen (secondary N) is 3. The van der Waals surface area contributed by atoms with E-state index in [-0.39, 0.29) is 59.4 Å². The molecule has 1 saturated carbocycles. The Morgan fingerprint density at radius 3 is 2.34 bits per heavy atom. The third-order valence-electron chi connectivity index (χ3n) is 13.0. The summed E-state index contributed by atoms with van der Waals surface area (Å²) in [6.07, 6.45) is 11.1. The normalized spacial score (nSPS) is 24.1. The number of anilines is 3. The van der Waals surface area contributed by atoms with Crippen molar-refractivity contribution in [2.45, 2.75) is 101 Å². The van der Waals surface area contributed by atoms with E-state index in [0.717, 1.165) is 103 Å². The number of halogens is 2. The van der Waals surface area contributed by atoms with Gasteiger partial charge in [0, 0.05) is 67.9 Å². The predicted octanol–water partition coefficient (Wildman–Crippen LogP) is 6.24. The van der Waals surface area contributed by atoms with Crippen LogP contribution in [0.3, 0.4) is 0 Å². The molecular formula is C44H54F2N8O4. The van der Waals surface area contributed by atoms with Gasteiger partial charge in [0.1, 0.15) is 17.6 Å². The van der Waals surface area contributed by atoms with Crippen molar-refractivity contribution >= 4 is 41.0 Å². The van der Waals surface area contributed by atoms with Crippen molar-refractivity contribution in [3.05, 3.63) is 65.9 Å². The molecule has 1 aliphatic carbocycles. The monoisotopic (exact) mass is 796 g/mol. The molecule has 0 spiro atoms. The maximum Gasteiger partial charge on any atom is 0.249 e. The average Bonchev–Trinajstić information content (AvgIpc) is 3.23. The molecular weight excluding hydrogens is 743 g/mol. The first-order chi connectivity index (χ1) is 28.2. The Balaban J connectivity index is 0.755. The largest absolute Gasteiger partial charge is 0.374 e. The second-order valence-electron chi connectivity index (χ2n) is 16.9. The molecule has 14 heteroatoms. The number of hydrogen-bond donors (Lipinski definition) is 3. The number of carbonyl (C=O) groups is 4. The van der Waals surface area contributed by atoms with E-state index in [1.807, 2.05) is 30.3 Å². The van der Waals surface area contributed by atoms with Gasteiger partial charge in [-0.1, -0.05) is 18.2 Å². The van der Waals surface area contributed by atoms with Gasteiger partial charge in [0.05, 0.1) is 6.20 Å². The number of nitrogens with zero attached hydrogens (tertiary/aromatic N) is 5. The molecule has 4 aliphatic heterocycles. The Morgan fingerprint density at radius 1 is 0.810 bits per heavy atom. The zero-order valence-electron chi connectivity index (χ0n) is 33.1. The Bertz CT molecular complexity index is 1990. The first-order valence-electron chi connectivity index (χ1n) is 21.3. The van der Waals surface area contributed by atoms with Gasteiger partial charge in [-0.15, -0.1) is 0 Å². The number of hydrogen-bond acceptors (Lipinski definition) is 9. The molecule has 0 radical (unpaired) electrons. The molecule has 12 nitrogen and oxygen atoms in total. The Hall–Kier alpha value is -4.98. The first-order valence-corrected chi connectivity index (χ1v) is 21.3. The molecule has 0 unspecified atom stereocenters. The molecule has 308 valence electrons. The summed E-state index contributed by atoms with van der Waals surface area (Å²) in [7, 11) is 0. The van der Waals surface area contributed by atoms with Gasteiger partial charge >= 0.3 is 0 Å². The second kappa shape index (κ2) is 17.9. The van der Waals surface area contributed by atoms with Crippen LogP contribution in [0.15, 0.2) is 48.7 Å². The van der Waals surface area contributed by atoms with Gasteiger partial charge in [-0.3, -0.25) is 24.5 Å². The maximum atomic E-state index is 15.2. The van der Waals surface area contributed by atoms with Gasteiger partial charge < -0.3 is 25.3 Å². The van der Waals surface area contributed by atoms with E-state index in [0.29, 0.717) is 48.1 Å². The maximum absolute atomic E-state index is 15.2. The molecule has 3 aromatic rings. The summed E-state index contributed by atoms with van der Waals surface area (Å²) in [6.45, 7) is 5.04. The molecule has 5 aliphatic rings. The Labute approximate surface area is 338 Å². The lowest BCUT2D eigenvalue weighted by Crippen LogP contribution is -2.47. The van der Waals surface area contributed by atoms with Crippen LogP contribution < -0.4 is 20.9 Å². The SMILES string of the molecule is O=C1CC[C@@H](Nc2ccc(C3CCN(CC4CCN(C(=O)C5CCC(Nc6ncc(F)c(-c7cccc(N8CCCCC8=O)c7)n6)CC5)CC4)CC3)c(F)c2)C(=O)N1.